The molecule has 0 spiro atoms. The van der Waals surface area contributed by atoms with Crippen molar-refractivity contribution in [3.05, 3.63) is 35.4 Å². The smallest absolute Gasteiger partial charge is 0.0991 e. The molecule has 0 aliphatic rings. The normalized spacial score (nSPS) is 11.7. The molecule has 1 atom stereocenters. The van der Waals surface area contributed by atoms with Crippen molar-refractivity contribution >= 4 is 5.97 Å². The summed E-state index contributed by atoms with van der Waals surface area (Å²) in [6.45, 7) is 0. The summed E-state index contributed by atoms with van der Waals surface area (Å²) in [7, 11) is 0. The van der Waals surface area contributed by atoms with Gasteiger partial charge in [-0.1, -0.05) is 12.1 Å². The van der Waals surface area contributed by atoms with E-state index in [0.29, 0.717) is 12.0 Å². The molecule has 78 valence electrons. The number of quaternary nitrogens is 1. The first kappa shape index (κ1) is 11.2. The summed E-state index contributed by atoms with van der Waals surface area (Å²) in [6, 6.07) is 8.87. The first-order chi connectivity index (χ1) is 7.11. The summed E-state index contributed by atoms with van der Waals surface area (Å²) >= 11 is 0. The van der Waals surface area contributed by atoms with Crippen LogP contribution in [0.15, 0.2) is 24.3 Å². The topological polar surface area (TPSA) is 91.6 Å². The largest absolute Gasteiger partial charge is 0.550 e. The van der Waals surface area contributed by atoms with Gasteiger partial charge >= 0.3 is 0 Å². The van der Waals surface area contributed by atoms with E-state index < -0.39 is 5.97 Å². The zero-order chi connectivity index (χ0) is 11.3. The van der Waals surface area contributed by atoms with E-state index in [1.54, 1.807) is 12.1 Å². The molecular formula is C11H12N2O2. The molecule has 0 saturated heterocycles. The molecule has 1 aromatic rings. The standard InChI is InChI=1S/C11H12N2O2/c12-7-9-3-1-8(2-4-9)5-10(13)6-11(14)15/h1-4,10H,5-6,13H2,(H,14,15)/t10-/m1/s1. The van der Waals surface area contributed by atoms with Gasteiger partial charge in [-0.25, -0.2) is 0 Å². The molecule has 0 bridgehead atoms. The number of carbonyl (C=O) groups is 1. The van der Waals surface area contributed by atoms with Crippen molar-refractivity contribution < 1.29 is 15.6 Å². The van der Waals surface area contributed by atoms with Crippen molar-refractivity contribution in [3.8, 4) is 6.07 Å². The lowest BCUT2D eigenvalue weighted by Crippen LogP contribution is -2.63. The number of nitrogens with zero attached hydrogens (tertiary/aromatic N) is 1. The van der Waals surface area contributed by atoms with Crippen LogP contribution in [0.5, 0.6) is 0 Å². The quantitative estimate of drug-likeness (QED) is 0.671. The highest BCUT2D eigenvalue weighted by Crippen LogP contribution is 2.05. The van der Waals surface area contributed by atoms with Crippen LogP contribution in [-0.4, -0.2) is 12.0 Å². The van der Waals surface area contributed by atoms with Crippen molar-refractivity contribution in [2.75, 3.05) is 0 Å². The fraction of sp³-hybridized carbons (Fsp3) is 0.273. The predicted octanol–water partition coefficient (Wildman–Crippen LogP) is -1.15. The molecule has 0 amide bonds. The third-order valence-corrected chi connectivity index (χ3v) is 2.06. The van der Waals surface area contributed by atoms with Gasteiger partial charge < -0.3 is 15.6 Å². The van der Waals surface area contributed by atoms with E-state index in [0.717, 1.165) is 5.56 Å². The molecule has 4 heteroatoms. The van der Waals surface area contributed by atoms with Gasteiger partial charge in [0.25, 0.3) is 0 Å². The highest BCUT2D eigenvalue weighted by molar-refractivity contribution is 5.64. The molecule has 0 radical (unpaired) electrons. The van der Waals surface area contributed by atoms with E-state index in [4.69, 9.17) is 5.26 Å². The Bertz CT molecular complexity index is 379. The molecule has 0 aliphatic carbocycles. The van der Waals surface area contributed by atoms with Crippen LogP contribution in [0.4, 0.5) is 0 Å². The molecule has 1 aromatic carbocycles. The van der Waals surface area contributed by atoms with Crippen LogP contribution < -0.4 is 10.8 Å². The van der Waals surface area contributed by atoms with E-state index >= 15 is 0 Å². The van der Waals surface area contributed by atoms with Crippen molar-refractivity contribution in [2.24, 2.45) is 0 Å². The number of aliphatic carboxylic acids is 1. The molecule has 1 rings (SSSR count). The average Bonchev–Trinajstić information content (AvgIpc) is 2.17. The van der Waals surface area contributed by atoms with Crippen molar-refractivity contribution in [1.82, 2.24) is 0 Å². The van der Waals surface area contributed by atoms with E-state index in [9.17, 15) is 9.90 Å². The van der Waals surface area contributed by atoms with Gasteiger partial charge in [0.2, 0.25) is 0 Å². The summed E-state index contributed by atoms with van der Waals surface area (Å²) in [6.07, 6.45) is 0.541. The van der Waals surface area contributed by atoms with E-state index in [1.165, 1.54) is 0 Å². The van der Waals surface area contributed by atoms with Crippen LogP contribution in [0.3, 0.4) is 0 Å². The van der Waals surface area contributed by atoms with Gasteiger partial charge in [0.05, 0.1) is 17.7 Å². The maximum absolute atomic E-state index is 10.3. The number of benzene rings is 1. The average molecular weight is 204 g/mol. The highest BCUT2D eigenvalue weighted by atomic mass is 16.4. The third-order valence-electron chi connectivity index (χ3n) is 2.06. The molecule has 0 saturated carbocycles. The lowest BCUT2D eigenvalue weighted by molar-refractivity contribution is -0.423. The number of hydrogen-bond donors (Lipinski definition) is 1. The Morgan fingerprint density at radius 2 is 2.07 bits per heavy atom. The number of carboxylic acid groups (broad SMARTS) is 1. The Morgan fingerprint density at radius 3 is 2.53 bits per heavy atom. The summed E-state index contributed by atoms with van der Waals surface area (Å²) < 4.78 is 0. The molecule has 0 aromatic heterocycles. The summed E-state index contributed by atoms with van der Waals surface area (Å²) in [5.41, 5.74) is 5.31. The second-order valence-corrected chi connectivity index (χ2v) is 3.46. The summed E-state index contributed by atoms with van der Waals surface area (Å²) in [5, 5.41) is 18.9. The van der Waals surface area contributed by atoms with E-state index in [1.807, 2.05) is 18.2 Å². The predicted molar refractivity (Wildman–Crippen MR) is 51.2 cm³/mol. The summed E-state index contributed by atoms with van der Waals surface area (Å²) in [4.78, 5) is 10.3. The van der Waals surface area contributed by atoms with Crippen LogP contribution in [0, 0.1) is 11.3 Å². The Kier molecular flexibility index (Phi) is 3.83. The summed E-state index contributed by atoms with van der Waals surface area (Å²) in [5.74, 6) is -1.08. The highest BCUT2D eigenvalue weighted by Gasteiger charge is 2.07. The van der Waals surface area contributed by atoms with Crippen LogP contribution in [0.25, 0.3) is 0 Å². The maximum atomic E-state index is 10.3. The lowest BCUT2D eigenvalue weighted by Gasteiger charge is -2.08. The Hall–Kier alpha value is -1.86. The van der Waals surface area contributed by atoms with Gasteiger partial charge in [0, 0.05) is 18.8 Å². The minimum atomic E-state index is -1.08. The molecule has 0 aliphatic heterocycles. The van der Waals surface area contributed by atoms with Gasteiger partial charge in [-0.15, -0.1) is 0 Å². The van der Waals surface area contributed by atoms with E-state index in [2.05, 4.69) is 5.73 Å². The zero-order valence-corrected chi connectivity index (χ0v) is 8.27. The lowest BCUT2D eigenvalue weighted by atomic mass is 10.0. The van der Waals surface area contributed by atoms with Crippen LogP contribution in [-0.2, 0) is 11.2 Å². The minimum absolute atomic E-state index is 0.0417. The number of rotatable bonds is 4. The van der Waals surface area contributed by atoms with Gasteiger partial charge in [0.15, 0.2) is 0 Å². The number of carboxylic acids is 1. The number of carbonyl (C=O) groups excluding carboxylic acids is 1. The molecule has 15 heavy (non-hydrogen) atoms. The van der Waals surface area contributed by atoms with Crippen LogP contribution in [0.2, 0.25) is 0 Å². The fourth-order valence-electron chi connectivity index (χ4n) is 1.36. The third kappa shape index (κ3) is 3.79. The van der Waals surface area contributed by atoms with Gasteiger partial charge in [-0.2, -0.15) is 5.26 Å². The molecule has 0 heterocycles. The molecule has 0 unspecified atom stereocenters. The second-order valence-electron chi connectivity index (χ2n) is 3.46. The van der Waals surface area contributed by atoms with Gasteiger partial charge in [-0.05, 0) is 17.7 Å². The Morgan fingerprint density at radius 1 is 1.47 bits per heavy atom. The molecular weight excluding hydrogens is 192 g/mol. The van der Waals surface area contributed by atoms with Crippen molar-refractivity contribution in [1.29, 1.82) is 5.26 Å². The van der Waals surface area contributed by atoms with Crippen LogP contribution >= 0.6 is 0 Å². The Balaban J connectivity index is 2.58. The van der Waals surface area contributed by atoms with Crippen molar-refractivity contribution in [2.45, 2.75) is 18.9 Å². The fourth-order valence-corrected chi connectivity index (χ4v) is 1.36. The Labute approximate surface area is 87.9 Å². The molecule has 3 N–H and O–H groups in total. The number of hydrogen-bond acceptors (Lipinski definition) is 3. The molecule has 0 fully saturated rings. The monoisotopic (exact) mass is 204 g/mol. The zero-order valence-electron chi connectivity index (χ0n) is 8.27. The number of nitriles is 1. The van der Waals surface area contributed by atoms with Crippen molar-refractivity contribution in [3.63, 3.8) is 0 Å². The SMILES string of the molecule is N#Cc1ccc(C[C@@H]([NH3+])CC(=O)[O-])cc1. The first-order valence-corrected chi connectivity index (χ1v) is 4.64. The van der Waals surface area contributed by atoms with Gasteiger partial charge in [-0.3, -0.25) is 0 Å². The first-order valence-electron chi connectivity index (χ1n) is 4.64. The molecule has 4 nitrogen and oxygen atoms in total. The van der Waals surface area contributed by atoms with Crippen LogP contribution in [0.1, 0.15) is 17.5 Å². The maximum Gasteiger partial charge on any atom is 0.0991 e. The minimum Gasteiger partial charge on any atom is -0.550 e. The second kappa shape index (κ2) is 5.13. The van der Waals surface area contributed by atoms with Gasteiger partial charge in [0.1, 0.15) is 0 Å². The van der Waals surface area contributed by atoms with E-state index in [-0.39, 0.29) is 12.5 Å².